The standard InChI is InChI=1S/C9H12N2O2/c1-7(2-4-10)11-9(12)8-3-5-13-6-8/h6-7H,2-3,5H2,1H3,(H,11,12). The lowest BCUT2D eigenvalue weighted by Crippen LogP contribution is -2.33. The molecule has 0 aromatic rings. The zero-order valence-corrected chi connectivity index (χ0v) is 7.54. The van der Waals surface area contributed by atoms with E-state index in [4.69, 9.17) is 10.00 Å². The Morgan fingerprint density at radius 3 is 3.23 bits per heavy atom. The Kier molecular flexibility index (Phi) is 3.32. The summed E-state index contributed by atoms with van der Waals surface area (Å²) in [5, 5.41) is 11.1. The molecule has 1 N–H and O–H groups in total. The first-order valence-electron chi connectivity index (χ1n) is 4.22. The fourth-order valence-electron chi connectivity index (χ4n) is 1.06. The fraction of sp³-hybridized carbons (Fsp3) is 0.556. The van der Waals surface area contributed by atoms with E-state index in [-0.39, 0.29) is 11.9 Å². The number of nitrogens with one attached hydrogen (secondary N) is 1. The minimum absolute atomic E-state index is 0.0981. The van der Waals surface area contributed by atoms with Crippen molar-refractivity contribution in [1.82, 2.24) is 5.32 Å². The first-order valence-corrected chi connectivity index (χ1v) is 4.22. The third-order valence-electron chi connectivity index (χ3n) is 1.78. The number of hydrogen-bond acceptors (Lipinski definition) is 3. The highest BCUT2D eigenvalue weighted by molar-refractivity contribution is 5.93. The van der Waals surface area contributed by atoms with E-state index in [2.05, 4.69) is 5.32 Å². The Morgan fingerprint density at radius 1 is 1.92 bits per heavy atom. The summed E-state index contributed by atoms with van der Waals surface area (Å²) in [4.78, 5) is 11.4. The van der Waals surface area contributed by atoms with E-state index in [0.717, 1.165) is 0 Å². The largest absolute Gasteiger partial charge is 0.500 e. The van der Waals surface area contributed by atoms with E-state index in [0.29, 0.717) is 25.0 Å². The van der Waals surface area contributed by atoms with Gasteiger partial charge in [-0.2, -0.15) is 5.26 Å². The monoisotopic (exact) mass is 180 g/mol. The third-order valence-corrected chi connectivity index (χ3v) is 1.78. The summed E-state index contributed by atoms with van der Waals surface area (Å²) in [6.07, 6.45) is 2.47. The molecular weight excluding hydrogens is 168 g/mol. The molecule has 70 valence electrons. The third kappa shape index (κ3) is 2.79. The van der Waals surface area contributed by atoms with E-state index in [1.54, 1.807) is 6.92 Å². The molecule has 1 atom stereocenters. The average Bonchev–Trinajstić information content (AvgIpc) is 2.55. The number of hydrogen-bond donors (Lipinski definition) is 1. The highest BCUT2D eigenvalue weighted by Crippen LogP contribution is 2.10. The average molecular weight is 180 g/mol. The number of amides is 1. The Balaban J connectivity index is 2.37. The van der Waals surface area contributed by atoms with Gasteiger partial charge in [0.25, 0.3) is 5.91 Å². The van der Waals surface area contributed by atoms with Crippen LogP contribution in [0.1, 0.15) is 19.8 Å². The van der Waals surface area contributed by atoms with Gasteiger partial charge in [0.05, 0.1) is 30.9 Å². The molecule has 1 unspecified atom stereocenters. The molecule has 0 radical (unpaired) electrons. The van der Waals surface area contributed by atoms with Crippen LogP contribution in [-0.2, 0) is 9.53 Å². The molecule has 0 bridgehead atoms. The molecule has 0 aromatic carbocycles. The van der Waals surface area contributed by atoms with Crippen LogP contribution in [0.25, 0.3) is 0 Å². The van der Waals surface area contributed by atoms with Gasteiger partial charge in [-0.05, 0) is 6.92 Å². The molecule has 0 saturated heterocycles. The molecule has 0 fully saturated rings. The second-order valence-corrected chi connectivity index (χ2v) is 3.00. The van der Waals surface area contributed by atoms with Crippen LogP contribution in [0.3, 0.4) is 0 Å². The SMILES string of the molecule is CC(CC#N)NC(=O)C1=COCC1. The predicted octanol–water partition coefficient (Wildman–Crippen LogP) is 0.709. The summed E-state index contributed by atoms with van der Waals surface area (Å²) < 4.78 is 4.93. The minimum Gasteiger partial charge on any atom is -0.500 e. The zero-order chi connectivity index (χ0) is 9.68. The van der Waals surface area contributed by atoms with E-state index < -0.39 is 0 Å². The number of carbonyl (C=O) groups excluding carboxylic acids is 1. The molecule has 1 amide bonds. The quantitative estimate of drug-likeness (QED) is 0.695. The number of nitrogens with zero attached hydrogens (tertiary/aromatic N) is 1. The predicted molar refractivity (Wildman–Crippen MR) is 46.5 cm³/mol. The van der Waals surface area contributed by atoms with Crippen LogP contribution >= 0.6 is 0 Å². The molecule has 0 aromatic heterocycles. The molecule has 1 aliphatic heterocycles. The van der Waals surface area contributed by atoms with E-state index in [9.17, 15) is 4.79 Å². The van der Waals surface area contributed by atoms with Crippen molar-refractivity contribution >= 4 is 5.91 Å². The van der Waals surface area contributed by atoms with Crippen molar-refractivity contribution in [3.8, 4) is 6.07 Å². The lowest BCUT2D eigenvalue weighted by Gasteiger charge is -2.09. The molecule has 1 rings (SSSR count). The van der Waals surface area contributed by atoms with Crippen molar-refractivity contribution in [1.29, 1.82) is 5.26 Å². The van der Waals surface area contributed by atoms with Gasteiger partial charge in [-0.15, -0.1) is 0 Å². The number of carbonyl (C=O) groups is 1. The summed E-state index contributed by atoms with van der Waals surface area (Å²) in [5.74, 6) is -0.125. The van der Waals surface area contributed by atoms with Crippen molar-refractivity contribution in [2.75, 3.05) is 6.61 Å². The Bertz CT molecular complexity index is 265. The molecule has 0 spiro atoms. The highest BCUT2D eigenvalue weighted by Gasteiger charge is 2.15. The lowest BCUT2D eigenvalue weighted by molar-refractivity contribution is -0.118. The molecule has 1 heterocycles. The molecule has 13 heavy (non-hydrogen) atoms. The summed E-state index contributed by atoms with van der Waals surface area (Å²) in [6.45, 7) is 2.38. The second kappa shape index (κ2) is 4.51. The first kappa shape index (κ1) is 9.59. The second-order valence-electron chi connectivity index (χ2n) is 3.00. The fourth-order valence-corrected chi connectivity index (χ4v) is 1.06. The normalized spacial score (nSPS) is 16.8. The summed E-state index contributed by atoms with van der Waals surface area (Å²) in [7, 11) is 0. The molecular formula is C9H12N2O2. The minimum atomic E-state index is -0.125. The van der Waals surface area contributed by atoms with Gasteiger partial charge in [0.2, 0.25) is 0 Å². The van der Waals surface area contributed by atoms with Crippen LogP contribution in [0.5, 0.6) is 0 Å². The van der Waals surface area contributed by atoms with Crippen LogP contribution < -0.4 is 5.32 Å². The maximum Gasteiger partial charge on any atom is 0.250 e. The molecule has 4 nitrogen and oxygen atoms in total. The van der Waals surface area contributed by atoms with Gasteiger partial charge >= 0.3 is 0 Å². The van der Waals surface area contributed by atoms with E-state index in [1.165, 1.54) is 6.26 Å². The topological polar surface area (TPSA) is 62.1 Å². The van der Waals surface area contributed by atoms with Crippen molar-refractivity contribution in [2.24, 2.45) is 0 Å². The van der Waals surface area contributed by atoms with E-state index in [1.807, 2.05) is 6.07 Å². The summed E-state index contributed by atoms with van der Waals surface area (Å²) >= 11 is 0. The van der Waals surface area contributed by atoms with Crippen molar-refractivity contribution in [3.05, 3.63) is 11.8 Å². The number of rotatable bonds is 3. The van der Waals surface area contributed by atoms with Gasteiger partial charge in [-0.3, -0.25) is 4.79 Å². The van der Waals surface area contributed by atoms with Crippen LogP contribution in [0.15, 0.2) is 11.8 Å². The van der Waals surface area contributed by atoms with E-state index >= 15 is 0 Å². The maximum absolute atomic E-state index is 11.4. The van der Waals surface area contributed by atoms with Gasteiger partial charge in [0.1, 0.15) is 0 Å². The summed E-state index contributed by atoms with van der Waals surface area (Å²) in [6, 6.07) is 1.90. The van der Waals surface area contributed by atoms with Crippen molar-refractivity contribution in [3.63, 3.8) is 0 Å². The van der Waals surface area contributed by atoms with Crippen LogP contribution in [-0.4, -0.2) is 18.6 Å². The van der Waals surface area contributed by atoms with Crippen molar-refractivity contribution < 1.29 is 9.53 Å². The van der Waals surface area contributed by atoms with Gasteiger partial charge in [-0.25, -0.2) is 0 Å². The summed E-state index contributed by atoms with van der Waals surface area (Å²) in [5.41, 5.74) is 0.657. The highest BCUT2D eigenvalue weighted by atomic mass is 16.5. The Morgan fingerprint density at radius 2 is 2.69 bits per heavy atom. The molecule has 4 heteroatoms. The van der Waals surface area contributed by atoms with Crippen LogP contribution in [0.2, 0.25) is 0 Å². The number of ether oxygens (including phenoxy) is 1. The molecule has 1 aliphatic rings. The Hall–Kier alpha value is -1.50. The molecule has 0 aliphatic carbocycles. The maximum atomic E-state index is 11.4. The zero-order valence-electron chi connectivity index (χ0n) is 7.54. The van der Waals surface area contributed by atoms with Gasteiger partial charge in [0, 0.05) is 12.5 Å². The number of nitriles is 1. The first-order chi connectivity index (χ1) is 6.24. The van der Waals surface area contributed by atoms with Gasteiger partial charge in [-0.1, -0.05) is 0 Å². The van der Waals surface area contributed by atoms with Gasteiger partial charge < -0.3 is 10.1 Å². The van der Waals surface area contributed by atoms with Crippen LogP contribution in [0, 0.1) is 11.3 Å². The van der Waals surface area contributed by atoms with Crippen LogP contribution in [0.4, 0.5) is 0 Å². The molecule has 0 saturated carbocycles. The smallest absolute Gasteiger partial charge is 0.250 e. The Labute approximate surface area is 77.2 Å². The van der Waals surface area contributed by atoms with Crippen molar-refractivity contribution in [2.45, 2.75) is 25.8 Å². The van der Waals surface area contributed by atoms with Gasteiger partial charge in [0.15, 0.2) is 0 Å². The lowest BCUT2D eigenvalue weighted by atomic mass is 10.2.